The van der Waals surface area contributed by atoms with E-state index >= 15 is 0 Å². The number of carbonyl (C=O) groups excluding carboxylic acids is 1. The lowest BCUT2D eigenvalue weighted by molar-refractivity contribution is -0.135. The average molecular weight is 474 g/mol. The second-order valence-corrected chi connectivity index (χ2v) is 8.06. The summed E-state index contributed by atoms with van der Waals surface area (Å²) in [6.45, 7) is 0. The Morgan fingerprint density at radius 2 is 1.66 bits per heavy atom. The number of benzene rings is 3. The maximum absolute atomic E-state index is 13.5. The summed E-state index contributed by atoms with van der Waals surface area (Å²) < 4.78 is 27.3. The van der Waals surface area contributed by atoms with Crippen molar-refractivity contribution in [2.45, 2.75) is 12.3 Å². The van der Waals surface area contributed by atoms with Crippen LogP contribution in [0.2, 0.25) is 0 Å². The van der Waals surface area contributed by atoms with Gasteiger partial charge in [-0.3, -0.25) is 9.59 Å². The van der Waals surface area contributed by atoms with E-state index in [1.807, 2.05) is 6.07 Å². The van der Waals surface area contributed by atoms with Gasteiger partial charge in [-0.15, -0.1) is 0 Å². The van der Waals surface area contributed by atoms with Crippen LogP contribution in [0, 0.1) is 0 Å². The molecule has 1 N–H and O–H groups in total. The minimum atomic E-state index is -0.496. The molecule has 0 aliphatic carbocycles. The van der Waals surface area contributed by atoms with Crippen molar-refractivity contribution in [3.05, 3.63) is 76.1 Å². The Bertz CT molecular complexity index is 1500. The Kier molecular flexibility index (Phi) is 5.56. The molecule has 0 amide bonds. The smallest absolute Gasteiger partial charge is 0.312 e. The van der Waals surface area contributed by atoms with Gasteiger partial charge < -0.3 is 28.5 Å². The van der Waals surface area contributed by atoms with Gasteiger partial charge in [0.15, 0.2) is 11.5 Å². The van der Waals surface area contributed by atoms with Crippen LogP contribution in [0.5, 0.6) is 28.7 Å². The zero-order chi connectivity index (χ0) is 24.7. The largest absolute Gasteiger partial charge is 0.507 e. The van der Waals surface area contributed by atoms with Crippen molar-refractivity contribution < 1.29 is 33.3 Å². The SMILES string of the molecule is COc1ccc(-c2coc3c4c(cc(O)c3c2=O)OC(=O)C[C@@H]4c2ccc(OC)c(OC)c2)cc1. The standard InChI is InChI=1S/C27H22O8/c1-31-16-7-4-14(5-8-16)18-13-34-27-24-17(15-6-9-20(32-2)21(10-15)33-3)11-23(29)35-22(24)12-19(28)25(27)26(18)30/h4-10,12-13,17,28H,11H2,1-3H3/t17-/m1/s1. The van der Waals surface area contributed by atoms with E-state index in [2.05, 4.69) is 0 Å². The number of esters is 1. The number of rotatable bonds is 5. The van der Waals surface area contributed by atoms with Crippen LogP contribution < -0.4 is 24.4 Å². The lowest BCUT2D eigenvalue weighted by Crippen LogP contribution is -2.22. The third-order valence-electron chi connectivity index (χ3n) is 6.18. The zero-order valence-corrected chi connectivity index (χ0v) is 19.3. The highest BCUT2D eigenvalue weighted by atomic mass is 16.5. The van der Waals surface area contributed by atoms with Crippen LogP contribution in [0.1, 0.15) is 23.5 Å². The first-order valence-corrected chi connectivity index (χ1v) is 10.8. The molecule has 5 rings (SSSR count). The summed E-state index contributed by atoms with van der Waals surface area (Å²) in [5.41, 5.74) is 1.90. The number of phenolic OH excluding ortho intramolecular Hbond substituents is 1. The van der Waals surface area contributed by atoms with E-state index in [4.69, 9.17) is 23.4 Å². The van der Waals surface area contributed by atoms with Crippen LogP contribution in [0.15, 0.2) is 64.0 Å². The quantitative estimate of drug-likeness (QED) is 0.330. The highest BCUT2D eigenvalue weighted by Gasteiger charge is 2.34. The average Bonchev–Trinajstić information content (AvgIpc) is 2.87. The Balaban J connectivity index is 1.72. The number of methoxy groups -OCH3 is 3. The predicted octanol–water partition coefficient (Wildman–Crippen LogP) is 4.63. The Labute approximate surface area is 200 Å². The second kappa shape index (κ2) is 8.72. The molecule has 0 saturated carbocycles. The normalized spacial score (nSPS) is 14.8. The highest BCUT2D eigenvalue weighted by molar-refractivity contribution is 5.94. The van der Waals surface area contributed by atoms with E-state index in [1.54, 1.807) is 43.5 Å². The zero-order valence-electron chi connectivity index (χ0n) is 19.3. The lowest BCUT2D eigenvalue weighted by atomic mass is 9.84. The van der Waals surface area contributed by atoms with E-state index in [1.165, 1.54) is 26.5 Å². The molecule has 1 aliphatic heterocycles. The number of hydrogen-bond donors (Lipinski definition) is 1. The van der Waals surface area contributed by atoms with Crippen molar-refractivity contribution in [2.75, 3.05) is 21.3 Å². The number of hydrogen-bond acceptors (Lipinski definition) is 8. The fourth-order valence-corrected chi connectivity index (χ4v) is 4.46. The summed E-state index contributed by atoms with van der Waals surface area (Å²) in [7, 11) is 4.62. The topological polar surface area (TPSA) is 104 Å². The third kappa shape index (κ3) is 3.73. The second-order valence-electron chi connectivity index (χ2n) is 8.06. The molecule has 3 aromatic carbocycles. The van der Waals surface area contributed by atoms with Gasteiger partial charge >= 0.3 is 5.97 Å². The van der Waals surface area contributed by atoms with Crippen LogP contribution in [0.3, 0.4) is 0 Å². The number of ether oxygens (including phenoxy) is 4. The Morgan fingerprint density at radius 1 is 0.914 bits per heavy atom. The van der Waals surface area contributed by atoms with E-state index in [0.29, 0.717) is 28.4 Å². The van der Waals surface area contributed by atoms with Crippen molar-refractivity contribution in [3.8, 4) is 39.9 Å². The van der Waals surface area contributed by atoms with Crippen molar-refractivity contribution in [1.82, 2.24) is 0 Å². The first-order valence-electron chi connectivity index (χ1n) is 10.8. The van der Waals surface area contributed by atoms with Gasteiger partial charge in [0.25, 0.3) is 0 Å². The number of fused-ring (bicyclic) bond motifs is 3. The first kappa shape index (κ1) is 22.3. The molecule has 0 fully saturated rings. The molecule has 8 nitrogen and oxygen atoms in total. The molecule has 178 valence electrons. The summed E-state index contributed by atoms with van der Waals surface area (Å²) in [4.78, 5) is 25.9. The van der Waals surface area contributed by atoms with Crippen molar-refractivity contribution >= 4 is 16.9 Å². The third-order valence-corrected chi connectivity index (χ3v) is 6.18. The molecule has 0 spiro atoms. The molecular weight excluding hydrogens is 452 g/mol. The molecule has 0 unspecified atom stereocenters. The van der Waals surface area contributed by atoms with E-state index in [0.717, 1.165) is 5.56 Å². The van der Waals surface area contributed by atoms with Gasteiger partial charge in [-0.25, -0.2) is 0 Å². The number of carbonyl (C=O) groups is 1. The highest BCUT2D eigenvalue weighted by Crippen LogP contribution is 2.46. The van der Waals surface area contributed by atoms with Crippen molar-refractivity contribution in [1.29, 1.82) is 0 Å². The van der Waals surface area contributed by atoms with E-state index in [9.17, 15) is 14.7 Å². The maximum atomic E-state index is 13.5. The number of aromatic hydroxyl groups is 1. The molecule has 0 radical (unpaired) electrons. The Hall–Kier alpha value is -4.46. The summed E-state index contributed by atoms with van der Waals surface area (Å²) in [6.07, 6.45) is 1.38. The van der Waals surface area contributed by atoms with E-state index in [-0.39, 0.29) is 34.5 Å². The summed E-state index contributed by atoms with van der Waals surface area (Å²) in [5, 5.41) is 10.8. The van der Waals surface area contributed by atoms with Gasteiger partial charge in [0.2, 0.25) is 5.43 Å². The predicted molar refractivity (Wildman–Crippen MR) is 128 cm³/mol. The number of phenols is 1. The van der Waals surface area contributed by atoms with Gasteiger partial charge in [-0.2, -0.15) is 0 Å². The van der Waals surface area contributed by atoms with Crippen LogP contribution in [-0.2, 0) is 4.79 Å². The van der Waals surface area contributed by atoms with Gasteiger partial charge in [0.1, 0.15) is 34.5 Å². The molecule has 0 bridgehead atoms. The van der Waals surface area contributed by atoms with Gasteiger partial charge in [-0.05, 0) is 35.4 Å². The molecule has 1 atom stereocenters. The molecular formula is C27H22O8. The van der Waals surface area contributed by atoms with Crippen LogP contribution in [-0.4, -0.2) is 32.4 Å². The van der Waals surface area contributed by atoms with Crippen LogP contribution in [0.4, 0.5) is 0 Å². The maximum Gasteiger partial charge on any atom is 0.312 e. The summed E-state index contributed by atoms with van der Waals surface area (Å²) in [6, 6.07) is 13.6. The van der Waals surface area contributed by atoms with Crippen LogP contribution in [0.25, 0.3) is 22.1 Å². The molecule has 2 heterocycles. The van der Waals surface area contributed by atoms with Gasteiger partial charge in [-0.1, -0.05) is 18.2 Å². The molecule has 0 saturated heterocycles. The molecule has 4 aromatic rings. The van der Waals surface area contributed by atoms with Gasteiger partial charge in [0, 0.05) is 17.5 Å². The summed E-state index contributed by atoms with van der Waals surface area (Å²) >= 11 is 0. The monoisotopic (exact) mass is 474 g/mol. The fraction of sp³-hybridized carbons (Fsp3) is 0.185. The Morgan fingerprint density at radius 3 is 2.34 bits per heavy atom. The lowest BCUT2D eigenvalue weighted by Gasteiger charge is -2.26. The van der Waals surface area contributed by atoms with Crippen molar-refractivity contribution in [2.24, 2.45) is 0 Å². The molecule has 1 aliphatic rings. The molecule has 1 aromatic heterocycles. The minimum absolute atomic E-state index is 0.0143. The minimum Gasteiger partial charge on any atom is -0.507 e. The van der Waals surface area contributed by atoms with Crippen molar-refractivity contribution in [3.63, 3.8) is 0 Å². The van der Waals surface area contributed by atoms with E-state index < -0.39 is 17.3 Å². The molecule has 35 heavy (non-hydrogen) atoms. The van der Waals surface area contributed by atoms with Crippen LogP contribution >= 0.6 is 0 Å². The summed E-state index contributed by atoms with van der Waals surface area (Å²) in [5.74, 6) is 0.542. The first-order chi connectivity index (χ1) is 16.9. The molecule has 8 heteroatoms. The fourth-order valence-electron chi connectivity index (χ4n) is 4.46. The van der Waals surface area contributed by atoms with Gasteiger partial charge in [0.05, 0.1) is 33.3 Å².